The van der Waals surface area contributed by atoms with Crippen molar-refractivity contribution in [2.24, 2.45) is 0 Å². The van der Waals surface area contributed by atoms with E-state index in [1.165, 1.54) is 5.56 Å². The molecule has 2 aromatic carbocycles. The first-order valence-electron chi connectivity index (χ1n) is 10.9. The molecule has 0 N–H and O–H groups in total. The highest BCUT2D eigenvalue weighted by molar-refractivity contribution is 7.09. The molecule has 1 saturated heterocycles. The Bertz CT molecular complexity index is 1010. The van der Waals surface area contributed by atoms with Crippen molar-refractivity contribution in [3.8, 4) is 11.5 Å². The molecular weight excluding hydrogens is 422 g/mol. The molecule has 0 saturated carbocycles. The number of benzene rings is 2. The van der Waals surface area contributed by atoms with Crippen molar-refractivity contribution in [1.29, 1.82) is 0 Å². The van der Waals surface area contributed by atoms with Gasteiger partial charge in [0.05, 0.1) is 17.8 Å². The average Bonchev–Trinajstić information content (AvgIpc) is 3.27. The first-order valence-corrected chi connectivity index (χ1v) is 11.8. The molecule has 0 unspecified atom stereocenters. The van der Waals surface area contributed by atoms with Gasteiger partial charge in [-0.15, -0.1) is 11.3 Å². The minimum atomic E-state index is 0.0847. The number of aromatic nitrogens is 1. The van der Waals surface area contributed by atoms with Crippen molar-refractivity contribution in [1.82, 2.24) is 14.8 Å². The maximum Gasteiger partial charge on any atom is 0.253 e. The third-order valence-electron chi connectivity index (χ3n) is 5.69. The zero-order chi connectivity index (χ0) is 22.3. The number of amides is 1. The van der Waals surface area contributed by atoms with E-state index in [-0.39, 0.29) is 5.91 Å². The lowest BCUT2D eigenvalue weighted by Crippen LogP contribution is -2.49. The Morgan fingerprint density at radius 2 is 1.69 bits per heavy atom. The van der Waals surface area contributed by atoms with E-state index in [1.807, 2.05) is 53.6 Å². The number of hydrogen-bond acceptors (Lipinski definition) is 6. The van der Waals surface area contributed by atoms with Gasteiger partial charge in [-0.2, -0.15) is 0 Å². The fourth-order valence-corrected chi connectivity index (χ4v) is 4.36. The second-order valence-corrected chi connectivity index (χ2v) is 8.97. The predicted molar refractivity (Wildman–Crippen MR) is 127 cm³/mol. The third kappa shape index (κ3) is 5.87. The van der Waals surface area contributed by atoms with Gasteiger partial charge in [0.25, 0.3) is 5.91 Å². The van der Waals surface area contributed by atoms with Crippen LogP contribution in [0.4, 0.5) is 0 Å². The number of nitrogens with zero attached hydrogens (tertiary/aromatic N) is 3. The first kappa shape index (κ1) is 22.3. The fraction of sp³-hybridized carbons (Fsp3) is 0.360. The van der Waals surface area contributed by atoms with Crippen LogP contribution < -0.4 is 9.47 Å². The Hall–Kier alpha value is -2.90. The van der Waals surface area contributed by atoms with Gasteiger partial charge in [-0.25, -0.2) is 4.98 Å². The standard InChI is InChI=1S/C25H29N3O3S/c1-19-26-22(18-32-19)17-31-24-9-5-21(6-10-24)25(29)28-15-13-27(14-16-28)12-11-20-3-7-23(30-2)8-4-20/h3-10,18H,11-17H2,1-2H3. The summed E-state index contributed by atoms with van der Waals surface area (Å²) in [5, 5.41) is 3.04. The summed E-state index contributed by atoms with van der Waals surface area (Å²) in [5.74, 6) is 1.71. The molecule has 4 rings (SSSR count). The van der Waals surface area contributed by atoms with Gasteiger partial charge in [0.1, 0.15) is 18.1 Å². The molecule has 1 aliphatic heterocycles. The zero-order valence-electron chi connectivity index (χ0n) is 18.6. The summed E-state index contributed by atoms with van der Waals surface area (Å²) in [6.45, 7) is 6.72. The van der Waals surface area contributed by atoms with Gasteiger partial charge in [0, 0.05) is 43.7 Å². The summed E-state index contributed by atoms with van der Waals surface area (Å²) in [6, 6.07) is 15.6. The number of rotatable bonds is 8. The van der Waals surface area contributed by atoms with Gasteiger partial charge >= 0.3 is 0 Å². The van der Waals surface area contributed by atoms with Crippen LogP contribution in [0.2, 0.25) is 0 Å². The summed E-state index contributed by atoms with van der Waals surface area (Å²) < 4.78 is 11.0. The molecule has 1 fully saturated rings. The lowest BCUT2D eigenvalue weighted by molar-refractivity contribution is 0.0638. The molecule has 7 heteroatoms. The fourth-order valence-electron chi connectivity index (χ4n) is 3.76. The number of ether oxygens (including phenoxy) is 2. The zero-order valence-corrected chi connectivity index (χ0v) is 19.4. The van der Waals surface area contributed by atoms with Gasteiger partial charge in [-0.1, -0.05) is 12.1 Å². The highest BCUT2D eigenvalue weighted by atomic mass is 32.1. The van der Waals surface area contributed by atoms with Crippen molar-refractivity contribution in [3.05, 3.63) is 75.7 Å². The largest absolute Gasteiger partial charge is 0.497 e. The lowest BCUT2D eigenvalue weighted by Gasteiger charge is -2.34. The van der Waals surface area contributed by atoms with Crippen LogP contribution in [0.3, 0.4) is 0 Å². The van der Waals surface area contributed by atoms with Crippen LogP contribution in [-0.4, -0.2) is 60.5 Å². The second-order valence-electron chi connectivity index (χ2n) is 7.90. The molecule has 0 spiro atoms. The molecule has 0 atom stereocenters. The number of thiazole rings is 1. The Balaban J connectivity index is 1.22. The van der Waals surface area contributed by atoms with E-state index in [9.17, 15) is 4.79 Å². The van der Waals surface area contributed by atoms with Gasteiger partial charge < -0.3 is 14.4 Å². The molecule has 0 radical (unpaired) electrons. The smallest absolute Gasteiger partial charge is 0.253 e. The summed E-state index contributed by atoms with van der Waals surface area (Å²) in [6.07, 6.45) is 1.000. The van der Waals surface area contributed by atoms with E-state index in [1.54, 1.807) is 18.4 Å². The monoisotopic (exact) mass is 451 g/mol. The molecule has 168 valence electrons. The molecule has 1 aliphatic rings. The molecule has 32 heavy (non-hydrogen) atoms. The maximum atomic E-state index is 12.9. The number of carbonyl (C=O) groups excluding carboxylic acids is 1. The average molecular weight is 452 g/mol. The van der Waals surface area contributed by atoms with Crippen molar-refractivity contribution in [3.63, 3.8) is 0 Å². The second kappa shape index (κ2) is 10.6. The number of piperazine rings is 1. The van der Waals surface area contributed by atoms with Crippen LogP contribution >= 0.6 is 11.3 Å². The highest BCUT2D eigenvalue weighted by Crippen LogP contribution is 2.18. The van der Waals surface area contributed by atoms with Gasteiger partial charge in [-0.3, -0.25) is 9.69 Å². The molecule has 6 nitrogen and oxygen atoms in total. The van der Waals surface area contributed by atoms with Crippen LogP contribution in [0.1, 0.15) is 26.6 Å². The van der Waals surface area contributed by atoms with Gasteiger partial charge in [-0.05, 0) is 55.3 Å². The molecule has 1 amide bonds. The van der Waals surface area contributed by atoms with Crippen molar-refractivity contribution < 1.29 is 14.3 Å². The number of hydrogen-bond donors (Lipinski definition) is 0. The van der Waals surface area contributed by atoms with Crippen LogP contribution in [-0.2, 0) is 13.0 Å². The molecular formula is C25H29N3O3S. The number of methoxy groups -OCH3 is 1. The van der Waals surface area contributed by atoms with E-state index in [0.29, 0.717) is 12.2 Å². The van der Waals surface area contributed by atoms with E-state index < -0.39 is 0 Å². The molecule has 0 aliphatic carbocycles. The molecule has 3 aromatic rings. The lowest BCUT2D eigenvalue weighted by atomic mass is 10.1. The Kier molecular flexibility index (Phi) is 7.39. The molecule has 2 heterocycles. The van der Waals surface area contributed by atoms with E-state index >= 15 is 0 Å². The van der Waals surface area contributed by atoms with Crippen LogP contribution in [0, 0.1) is 6.92 Å². The topological polar surface area (TPSA) is 54.9 Å². The maximum absolute atomic E-state index is 12.9. The number of aryl methyl sites for hydroxylation is 1. The van der Waals surface area contributed by atoms with Crippen LogP contribution in [0.15, 0.2) is 53.9 Å². The quantitative estimate of drug-likeness (QED) is 0.517. The summed E-state index contributed by atoms with van der Waals surface area (Å²) in [5.41, 5.74) is 2.93. The minimum absolute atomic E-state index is 0.0847. The van der Waals surface area contributed by atoms with Crippen molar-refractivity contribution in [2.45, 2.75) is 20.0 Å². The Morgan fingerprint density at radius 3 is 2.31 bits per heavy atom. The van der Waals surface area contributed by atoms with Crippen LogP contribution in [0.25, 0.3) is 0 Å². The SMILES string of the molecule is COc1ccc(CCN2CCN(C(=O)c3ccc(OCc4csc(C)n4)cc3)CC2)cc1. The van der Waals surface area contributed by atoms with E-state index in [2.05, 4.69) is 22.0 Å². The van der Waals surface area contributed by atoms with Crippen molar-refractivity contribution >= 4 is 17.2 Å². The van der Waals surface area contributed by atoms with E-state index in [0.717, 1.165) is 61.3 Å². The van der Waals surface area contributed by atoms with Crippen LogP contribution in [0.5, 0.6) is 11.5 Å². The van der Waals surface area contributed by atoms with Gasteiger partial charge in [0.2, 0.25) is 0 Å². The third-order valence-corrected chi connectivity index (χ3v) is 6.51. The predicted octanol–water partition coefficient (Wildman–Crippen LogP) is 4.04. The Labute approximate surface area is 193 Å². The molecule has 1 aromatic heterocycles. The molecule has 0 bridgehead atoms. The summed E-state index contributed by atoms with van der Waals surface area (Å²) in [4.78, 5) is 21.6. The van der Waals surface area contributed by atoms with Gasteiger partial charge in [0.15, 0.2) is 0 Å². The van der Waals surface area contributed by atoms with Crippen molar-refractivity contribution in [2.75, 3.05) is 39.8 Å². The Morgan fingerprint density at radius 1 is 1.00 bits per heavy atom. The highest BCUT2D eigenvalue weighted by Gasteiger charge is 2.22. The summed E-state index contributed by atoms with van der Waals surface area (Å²) >= 11 is 1.62. The number of carbonyl (C=O) groups is 1. The minimum Gasteiger partial charge on any atom is -0.497 e. The van der Waals surface area contributed by atoms with E-state index in [4.69, 9.17) is 9.47 Å². The first-order chi connectivity index (χ1) is 15.6. The normalized spacial score (nSPS) is 14.4. The summed E-state index contributed by atoms with van der Waals surface area (Å²) in [7, 11) is 1.68.